The molecule has 1 unspecified atom stereocenters. The Bertz CT molecular complexity index is 1220. The van der Waals surface area contributed by atoms with Crippen molar-refractivity contribution in [3.63, 3.8) is 0 Å². The van der Waals surface area contributed by atoms with Crippen molar-refractivity contribution >= 4 is 28.8 Å². The molecule has 1 amide bonds. The molecule has 174 valence electrons. The van der Waals surface area contributed by atoms with Crippen LogP contribution in [0.3, 0.4) is 0 Å². The molecule has 1 aromatic heterocycles. The van der Waals surface area contributed by atoms with Crippen LogP contribution in [0.5, 0.6) is 5.75 Å². The fourth-order valence-electron chi connectivity index (χ4n) is 3.99. The number of aliphatic hydroxyl groups excluding tert-OH is 1. The number of benzene rings is 2. The number of amides is 1. The van der Waals surface area contributed by atoms with Crippen LogP contribution in [-0.4, -0.2) is 42.0 Å². The van der Waals surface area contributed by atoms with Gasteiger partial charge in [0.15, 0.2) is 0 Å². The maximum Gasteiger partial charge on any atom is 0.300 e. The van der Waals surface area contributed by atoms with E-state index in [1.54, 1.807) is 36.4 Å². The van der Waals surface area contributed by atoms with Crippen molar-refractivity contribution in [1.29, 1.82) is 0 Å². The summed E-state index contributed by atoms with van der Waals surface area (Å²) < 4.78 is 5.74. The predicted octanol–water partition coefficient (Wildman–Crippen LogP) is 4.56. The number of rotatable bonds is 6. The molecule has 34 heavy (non-hydrogen) atoms. The maximum atomic E-state index is 13.3. The zero-order valence-corrected chi connectivity index (χ0v) is 19.6. The molecule has 0 spiro atoms. The Balaban J connectivity index is 1.86. The third kappa shape index (κ3) is 4.37. The number of pyridine rings is 1. The van der Waals surface area contributed by atoms with Crippen LogP contribution in [0.4, 0.5) is 11.4 Å². The van der Waals surface area contributed by atoms with Crippen molar-refractivity contribution in [2.75, 3.05) is 23.9 Å². The van der Waals surface area contributed by atoms with Gasteiger partial charge in [0.05, 0.1) is 17.7 Å². The first kappa shape index (κ1) is 23.0. The van der Waals surface area contributed by atoms with Gasteiger partial charge in [-0.1, -0.05) is 12.1 Å². The molecule has 0 saturated carbocycles. The third-order valence-electron chi connectivity index (χ3n) is 5.61. The quantitative estimate of drug-likeness (QED) is 0.332. The van der Waals surface area contributed by atoms with Gasteiger partial charge in [-0.2, -0.15) is 0 Å². The third-order valence-corrected chi connectivity index (χ3v) is 5.61. The number of carbonyl (C=O) groups excluding carboxylic acids is 2. The molecule has 2 aromatic carbocycles. The number of hydrogen-bond donors (Lipinski definition) is 1. The van der Waals surface area contributed by atoms with Crippen LogP contribution < -0.4 is 14.5 Å². The van der Waals surface area contributed by atoms with Crippen molar-refractivity contribution in [2.45, 2.75) is 26.0 Å². The highest BCUT2D eigenvalue weighted by Gasteiger charge is 2.47. The Morgan fingerprint density at radius 2 is 1.59 bits per heavy atom. The number of aliphatic hydroxyl groups is 1. The molecule has 1 saturated heterocycles. The van der Waals surface area contributed by atoms with Gasteiger partial charge in [0.1, 0.15) is 11.5 Å². The van der Waals surface area contributed by atoms with E-state index in [0.29, 0.717) is 22.6 Å². The van der Waals surface area contributed by atoms with E-state index in [1.807, 2.05) is 57.1 Å². The normalized spacial score (nSPS) is 17.3. The SMILES string of the molecule is CC(C)Oc1ccc(C2/C(=C(\O)c3ccncc3)C(=O)C(=O)N2c2ccc(N(C)C)cc2)cc1. The lowest BCUT2D eigenvalue weighted by Gasteiger charge is -2.26. The Kier molecular flexibility index (Phi) is 6.36. The number of nitrogens with zero attached hydrogens (tertiary/aromatic N) is 3. The minimum absolute atomic E-state index is 0.0124. The molecule has 7 heteroatoms. The molecular formula is C27H27N3O4. The Morgan fingerprint density at radius 3 is 2.15 bits per heavy atom. The number of anilines is 2. The highest BCUT2D eigenvalue weighted by Crippen LogP contribution is 2.42. The fourth-order valence-corrected chi connectivity index (χ4v) is 3.99. The zero-order chi connectivity index (χ0) is 24.4. The van der Waals surface area contributed by atoms with Crippen molar-refractivity contribution < 1.29 is 19.4 Å². The summed E-state index contributed by atoms with van der Waals surface area (Å²) in [6.07, 6.45) is 3.06. The molecule has 1 aliphatic heterocycles. The summed E-state index contributed by atoms with van der Waals surface area (Å²) in [6, 6.07) is 17.0. The van der Waals surface area contributed by atoms with Gasteiger partial charge in [-0.3, -0.25) is 19.5 Å². The monoisotopic (exact) mass is 457 g/mol. The van der Waals surface area contributed by atoms with Crippen molar-refractivity contribution in [2.24, 2.45) is 0 Å². The second kappa shape index (κ2) is 9.39. The first-order valence-electron chi connectivity index (χ1n) is 11.0. The average Bonchev–Trinajstić information content (AvgIpc) is 3.09. The molecule has 1 atom stereocenters. The van der Waals surface area contributed by atoms with E-state index in [-0.39, 0.29) is 17.4 Å². The molecule has 2 heterocycles. The van der Waals surface area contributed by atoms with Crippen LogP contribution in [0.25, 0.3) is 5.76 Å². The van der Waals surface area contributed by atoms with Crippen LogP contribution in [-0.2, 0) is 9.59 Å². The van der Waals surface area contributed by atoms with Gasteiger partial charge < -0.3 is 14.7 Å². The molecule has 4 rings (SSSR count). The summed E-state index contributed by atoms with van der Waals surface area (Å²) in [5.74, 6) is -0.986. The van der Waals surface area contributed by atoms with Gasteiger partial charge in [0, 0.05) is 43.4 Å². The number of Topliss-reactive ketones (excluding diaryl/α,β-unsaturated/α-hetero) is 1. The summed E-state index contributed by atoms with van der Waals surface area (Å²) in [6.45, 7) is 3.88. The lowest BCUT2D eigenvalue weighted by Crippen LogP contribution is -2.29. The number of ether oxygens (including phenoxy) is 1. The van der Waals surface area contributed by atoms with E-state index in [0.717, 1.165) is 5.69 Å². The highest BCUT2D eigenvalue weighted by molar-refractivity contribution is 6.51. The number of carbonyl (C=O) groups is 2. The molecule has 0 bridgehead atoms. The molecule has 3 aromatic rings. The van der Waals surface area contributed by atoms with Gasteiger partial charge in [-0.05, 0) is 67.9 Å². The molecule has 1 N–H and O–H groups in total. The van der Waals surface area contributed by atoms with E-state index in [9.17, 15) is 14.7 Å². The van der Waals surface area contributed by atoms with Crippen LogP contribution in [0.1, 0.15) is 31.0 Å². The molecule has 0 radical (unpaired) electrons. The van der Waals surface area contributed by atoms with Crippen LogP contribution >= 0.6 is 0 Å². The first-order chi connectivity index (χ1) is 16.3. The largest absolute Gasteiger partial charge is 0.507 e. The molecular weight excluding hydrogens is 430 g/mol. The minimum atomic E-state index is -0.800. The Hall–Kier alpha value is -4.13. The van der Waals surface area contributed by atoms with E-state index >= 15 is 0 Å². The number of ketones is 1. The topological polar surface area (TPSA) is 83.0 Å². The number of hydrogen-bond acceptors (Lipinski definition) is 6. The lowest BCUT2D eigenvalue weighted by molar-refractivity contribution is -0.132. The van der Waals surface area contributed by atoms with Crippen molar-refractivity contribution in [3.8, 4) is 5.75 Å². The van der Waals surface area contributed by atoms with Crippen LogP contribution in [0, 0.1) is 0 Å². The Morgan fingerprint density at radius 1 is 0.971 bits per heavy atom. The summed E-state index contributed by atoms with van der Waals surface area (Å²) in [7, 11) is 3.85. The Labute approximate surface area is 198 Å². The van der Waals surface area contributed by atoms with Gasteiger partial charge in [-0.15, -0.1) is 0 Å². The van der Waals surface area contributed by atoms with E-state index < -0.39 is 17.7 Å². The first-order valence-corrected chi connectivity index (χ1v) is 11.0. The smallest absolute Gasteiger partial charge is 0.300 e. The fraction of sp³-hybridized carbons (Fsp3) is 0.222. The zero-order valence-electron chi connectivity index (χ0n) is 19.6. The van der Waals surface area contributed by atoms with Gasteiger partial charge in [-0.25, -0.2) is 0 Å². The second-order valence-electron chi connectivity index (χ2n) is 8.55. The predicted molar refractivity (Wildman–Crippen MR) is 132 cm³/mol. The lowest BCUT2D eigenvalue weighted by atomic mass is 9.95. The second-order valence-corrected chi connectivity index (χ2v) is 8.55. The highest BCUT2D eigenvalue weighted by atomic mass is 16.5. The molecule has 1 aliphatic rings. The molecule has 7 nitrogen and oxygen atoms in total. The summed E-state index contributed by atoms with van der Waals surface area (Å²) >= 11 is 0. The van der Waals surface area contributed by atoms with E-state index in [1.165, 1.54) is 17.3 Å². The maximum absolute atomic E-state index is 13.3. The standard InChI is InChI=1S/C27H27N3O4/c1-17(2)34-22-11-5-18(6-12-22)24-23(25(31)19-13-15-28-16-14-19)26(32)27(33)30(24)21-9-7-20(8-10-21)29(3)4/h5-17,24,31H,1-4H3/b25-23+. The van der Waals surface area contributed by atoms with Crippen molar-refractivity contribution in [3.05, 3.63) is 89.8 Å². The summed E-state index contributed by atoms with van der Waals surface area (Å²) in [5.41, 5.74) is 2.66. The van der Waals surface area contributed by atoms with Gasteiger partial charge in [0.25, 0.3) is 11.7 Å². The van der Waals surface area contributed by atoms with Crippen LogP contribution in [0.15, 0.2) is 78.6 Å². The van der Waals surface area contributed by atoms with Crippen molar-refractivity contribution in [1.82, 2.24) is 4.98 Å². The van der Waals surface area contributed by atoms with Gasteiger partial charge >= 0.3 is 0 Å². The van der Waals surface area contributed by atoms with Crippen LogP contribution in [0.2, 0.25) is 0 Å². The summed E-state index contributed by atoms with van der Waals surface area (Å²) in [5, 5.41) is 11.1. The minimum Gasteiger partial charge on any atom is -0.507 e. The number of aromatic nitrogens is 1. The summed E-state index contributed by atoms with van der Waals surface area (Å²) in [4.78, 5) is 33.8. The molecule has 0 aliphatic carbocycles. The van der Waals surface area contributed by atoms with Gasteiger partial charge in [0.2, 0.25) is 0 Å². The van der Waals surface area contributed by atoms with E-state index in [4.69, 9.17) is 4.74 Å². The average molecular weight is 458 g/mol. The van der Waals surface area contributed by atoms with E-state index in [2.05, 4.69) is 4.98 Å². The molecule has 1 fully saturated rings.